The highest BCUT2D eigenvalue weighted by Crippen LogP contribution is 2.07. The summed E-state index contributed by atoms with van der Waals surface area (Å²) in [6, 6.07) is 7.25. The zero-order valence-corrected chi connectivity index (χ0v) is 11.5. The molecule has 4 nitrogen and oxygen atoms in total. The van der Waals surface area contributed by atoms with Gasteiger partial charge in [-0.1, -0.05) is 11.8 Å². The molecule has 0 fully saturated rings. The van der Waals surface area contributed by atoms with E-state index in [2.05, 4.69) is 11.8 Å². The summed E-state index contributed by atoms with van der Waals surface area (Å²) in [6.07, 6.45) is 0. The maximum Gasteiger partial charge on any atom is 0.253 e. The first-order chi connectivity index (χ1) is 9.22. The first-order valence-corrected chi connectivity index (χ1v) is 6.30. The van der Waals surface area contributed by atoms with Crippen molar-refractivity contribution in [3.63, 3.8) is 0 Å². The number of carbonyl (C=O) groups is 1. The van der Waals surface area contributed by atoms with E-state index in [1.165, 1.54) is 0 Å². The van der Waals surface area contributed by atoms with Gasteiger partial charge in [0.2, 0.25) is 0 Å². The van der Waals surface area contributed by atoms with Crippen molar-refractivity contribution in [2.75, 3.05) is 33.4 Å². The van der Waals surface area contributed by atoms with Crippen molar-refractivity contribution in [2.45, 2.75) is 6.92 Å². The number of carbonyl (C=O) groups excluding carboxylic acids is 1. The Bertz CT molecular complexity index is 457. The Hall–Kier alpha value is -1.83. The second-order valence-electron chi connectivity index (χ2n) is 3.96. The van der Waals surface area contributed by atoms with Crippen LogP contribution in [0.3, 0.4) is 0 Å². The first-order valence-electron chi connectivity index (χ1n) is 6.30. The van der Waals surface area contributed by atoms with Crippen molar-refractivity contribution in [3.8, 4) is 11.8 Å². The van der Waals surface area contributed by atoms with Gasteiger partial charge in [0, 0.05) is 31.3 Å². The Kier molecular flexibility index (Phi) is 6.65. The zero-order chi connectivity index (χ0) is 14.1. The second kappa shape index (κ2) is 8.30. The van der Waals surface area contributed by atoms with Crippen LogP contribution in [0.2, 0.25) is 0 Å². The van der Waals surface area contributed by atoms with E-state index in [0.29, 0.717) is 31.8 Å². The molecule has 2 N–H and O–H groups in total. The topological polar surface area (TPSA) is 55.6 Å². The Morgan fingerprint density at radius 3 is 2.58 bits per heavy atom. The average molecular weight is 260 g/mol. The van der Waals surface area contributed by atoms with Gasteiger partial charge >= 0.3 is 0 Å². The predicted molar refractivity (Wildman–Crippen MR) is 75.8 cm³/mol. The number of rotatable bonds is 5. The molecule has 102 valence electrons. The van der Waals surface area contributed by atoms with E-state index >= 15 is 0 Å². The molecule has 1 aromatic carbocycles. The quantitative estimate of drug-likeness (QED) is 0.807. The third-order valence-corrected chi connectivity index (χ3v) is 2.70. The molecule has 0 aliphatic heterocycles. The molecule has 0 saturated heterocycles. The SMILES string of the molecule is CCN(CCOC)C(=O)c1ccc(C#CCN)cc1. The Morgan fingerprint density at radius 2 is 2.05 bits per heavy atom. The molecule has 4 heteroatoms. The molecule has 1 rings (SSSR count). The van der Waals surface area contributed by atoms with Gasteiger partial charge in [0.05, 0.1) is 13.2 Å². The number of methoxy groups -OCH3 is 1. The van der Waals surface area contributed by atoms with Crippen molar-refractivity contribution < 1.29 is 9.53 Å². The van der Waals surface area contributed by atoms with Gasteiger partial charge in [-0.2, -0.15) is 0 Å². The van der Waals surface area contributed by atoms with Crippen molar-refractivity contribution in [1.29, 1.82) is 0 Å². The second-order valence-corrected chi connectivity index (χ2v) is 3.96. The van der Waals surface area contributed by atoms with Crippen LogP contribution in [0.15, 0.2) is 24.3 Å². The number of hydrogen-bond donors (Lipinski definition) is 1. The standard InChI is InChI=1S/C15H20N2O2/c1-3-17(11-12-19-2)15(18)14-8-6-13(7-9-14)5-4-10-16/h6-9H,3,10-12,16H2,1-2H3. The van der Waals surface area contributed by atoms with E-state index in [1.54, 1.807) is 24.1 Å². The monoisotopic (exact) mass is 260 g/mol. The summed E-state index contributed by atoms with van der Waals surface area (Å²) in [7, 11) is 1.63. The first kappa shape index (κ1) is 15.2. The van der Waals surface area contributed by atoms with Crippen LogP contribution in [0.1, 0.15) is 22.8 Å². The molecule has 0 aliphatic rings. The lowest BCUT2D eigenvalue weighted by Gasteiger charge is -2.20. The van der Waals surface area contributed by atoms with Crippen LogP contribution in [0, 0.1) is 11.8 Å². The summed E-state index contributed by atoms with van der Waals surface area (Å²) in [4.78, 5) is 14.0. The summed E-state index contributed by atoms with van der Waals surface area (Å²) in [5.41, 5.74) is 6.84. The molecular weight excluding hydrogens is 240 g/mol. The molecule has 1 amide bonds. The maximum atomic E-state index is 12.2. The largest absolute Gasteiger partial charge is 0.383 e. The van der Waals surface area contributed by atoms with E-state index in [4.69, 9.17) is 10.5 Å². The lowest BCUT2D eigenvalue weighted by molar-refractivity contribution is 0.0706. The Labute approximate surface area is 114 Å². The highest BCUT2D eigenvalue weighted by Gasteiger charge is 2.13. The molecule has 0 bridgehead atoms. The minimum absolute atomic E-state index is 0.0119. The summed E-state index contributed by atoms with van der Waals surface area (Å²) in [6.45, 7) is 4.09. The molecule has 0 aliphatic carbocycles. The fourth-order valence-electron chi connectivity index (χ4n) is 1.64. The van der Waals surface area contributed by atoms with Crippen molar-refractivity contribution in [3.05, 3.63) is 35.4 Å². The molecule has 0 unspecified atom stereocenters. The molecule has 0 spiro atoms. The van der Waals surface area contributed by atoms with Crippen LogP contribution in [0.25, 0.3) is 0 Å². The molecule has 0 heterocycles. The van der Waals surface area contributed by atoms with Gasteiger partial charge in [0.25, 0.3) is 5.91 Å². The van der Waals surface area contributed by atoms with Gasteiger partial charge in [-0.15, -0.1) is 0 Å². The van der Waals surface area contributed by atoms with Crippen molar-refractivity contribution >= 4 is 5.91 Å². The fourth-order valence-corrected chi connectivity index (χ4v) is 1.64. The van der Waals surface area contributed by atoms with E-state index in [0.717, 1.165) is 5.56 Å². The lowest BCUT2D eigenvalue weighted by Crippen LogP contribution is -2.33. The predicted octanol–water partition coefficient (Wildman–Crippen LogP) is 1.11. The van der Waals surface area contributed by atoms with Gasteiger partial charge in [-0.05, 0) is 31.2 Å². The van der Waals surface area contributed by atoms with Gasteiger partial charge < -0.3 is 15.4 Å². The Balaban J connectivity index is 2.75. The average Bonchev–Trinajstić information content (AvgIpc) is 2.46. The molecular formula is C15H20N2O2. The molecule has 0 radical (unpaired) electrons. The minimum atomic E-state index is 0.0119. The molecule has 0 atom stereocenters. The van der Waals surface area contributed by atoms with Crippen LogP contribution in [-0.2, 0) is 4.74 Å². The summed E-state index contributed by atoms with van der Waals surface area (Å²) < 4.78 is 5.00. The van der Waals surface area contributed by atoms with E-state index < -0.39 is 0 Å². The minimum Gasteiger partial charge on any atom is -0.383 e. The molecule has 0 saturated carbocycles. The van der Waals surface area contributed by atoms with Crippen molar-refractivity contribution in [1.82, 2.24) is 4.90 Å². The summed E-state index contributed by atoms with van der Waals surface area (Å²) >= 11 is 0. The lowest BCUT2D eigenvalue weighted by atomic mass is 10.1. The van der Waals surface area contributed by atoms with Gasteiger partial charge in [0.15, 0.2) is 0 Å². The highest BCUT2D eigenvalue weighted by molar-refractivity contribution is 5.94. The third kappa shape index (κ3) is 4.74. The van der Waals surface area contributed by atoms with E-state index in [9.17, 15) is 4.79 Å². The summed E-state index contributed by atoms with van der Waals surface area (Å²) in [5, 5.41) is 0. The van der Waals surface area contributed by atoms with Crippen LogP contribution < -0.4 is 5.73 Å². The number of hydrogen-bond acceptors (Lipinski definition) is 3. The number of nitrogens with zero attached hydrogens (tertiary/aromatic N) is 1. The molecule has 1 aromatic rings. The van der Waals surface area contributed by atoms with Crippen LogP contribution >= 0.6 is 0 Å². The highest BCUT2D eigenvalue weighted by atomic mass is 16.5. The normalized spacial score (nSPS) is 9.63. The smallest absolute Gasteiger partial charge is 0.253 e. The van der Waals surface area contributed by atoms with Crippen LogP contribution in [0.5, 0.6) is 0 Å². The number of likely N-dealkylation sites (N-methyl/N-ethyl adjacent to an activating group) is 1. The number of ether oxygens (including phenoxy) is 1. The maximum absolute atomic E-state index is 12.2. The van der Waals surface area contributed by atoms with Crippen LogP contribution in [-0.4, -0.2) is 44.2 Å². The number of benzene rings is 1. The van der Waals surface area contributed by atoms with Gasteiger partial charge in [-0.25, -0.2) is 0 Å². The van der Waals surface area contributed by atoms with E-state index in [-0.39, 0.29) is 5.91 Å². The summed E-state index contributed by atoms with van der Waals surface area (Å²) in [5.74, 6) is 5.72. The van der Waals surface area contributed by atoms with Gasteiger partial charge in [0.1, 0.15) is 0 Å². The number of amides is 1. The van der Waals surface area contributed by atoms with Crippen LogP contribution in [0.4, 0.5) is 0 Å². The van der Waals surface area contributed by atoms with E-state index in [1.807, 2.05) is 19.1 Å². The fraction of sp³-hybridized carbons (Fsp3) is 0.400. The molecule has 0 aromatic heterocycles. The molecule has 19 heavy (non-hydrogen) atoms. The Morgan fingerprint density at radius 1 is 1.37 bits per heavy atom. The zero-order valence-electron chi connectivity index (χ0n) is 11.5. The third-order valence-electron chi connectivity index (χ3n) is 2.70. The van der Waals surface area contributed by atoms with Crippen molar-refractivity contribution in [2.24, 2.45) is 5.73 Å². The van der Waals surface area contributed by atoms with Gasteiger partial charge in [-0.3, -0.25) is 4.79 Å². The number of nitrogens with two attached hydrogens (primary N) is 1.